The van der Waals surface area contributed by atoms with Gasteiger partial charge in [-0.05, 0) is 18.3 Å². The zero-order valence-corrected chi connectivity index (χ0v) is 10.6. The van der Waals surface area contributed by atoms with Gasteiger partial charge in [0.25, 0.3) is 0 Å². The van der Waals surface area contributed by atoms with E-state index in [0.717, 1.165) is 19.1 Å². The maximum absolute atomic E-state index is 11.0. The first-order valence-electron chi connectivity index (χ1n) is 5.99. The third kappa shape index (κ3) is 4.75. The monoisotopic (exact) mass is 224 g/mol. The second-order valence-electron chi connectivity index (χ2n) is 4.47. The molecule has 0 aromatic carbocycles. The van der Waals surface area contributed by atoms with Crippen molar-refractivity contribution in [3.63, 3.8) is 0 Å². The van der Waals surface area contributed by atoms with Gasteiger partial charge in [-0.1, -0.05) is 52.0 Å². The minimum absolute atomic E-state index is 0.0976. The molecule has 2 heteroatoms. The van der Waals surface area contributed by atoms with E-state index in [-0.39, 0.29) is 17.8 Å². The zero-order valence-electron chi connectivity index (χ0n) is 10.6. The van der Waals surface area contributed by atoms with E-state index in [1.807, 2.05) is 32.9 Å². The molecule has 1 N–H and O–H groups in total. The van der Waals surface area contributed by atoms with Crippen molar-refractivity contribution in [1.29, 1.82) is 0 Å². The Balaban J connectivity index is 4.37. The molecule has 0 aliphatic rings. The average molecular weight is 224 g/mol. The molecule has 92 valence electrons. The van der Waals surface area contributed by atoms with Crippen LogP contribution in [0.4, 0.5) is 0 Å². The van der Waals surface area contributed by atoms with E-state index in [4.69, 9.17) is 0 Å². The van der Waals surface area contributed by atoms with Crippen LogP contribution in [0, 0.1) is 17.8 Å². The Bertz CT molecular complexity index is 233. The van der Waals surface area contributed by atoms with Crippen molar-refractivity contribution in [2.75, 3.05) is 0 Å². The Morgan fingerprint density at radius 2 is 1.94 bits per heavy atom. The quantitative estimate of drug-likeness (QED) is 0.508. The number of rotatable bonds is 8. The lowest BCUT2D eigenvalue weighted by atomic mass is 9.82. The topological polar surface area (TPSA) is 37.3 Å². The van der Waals surface area contributed by atoms with E-state index in [1.54, 1.807) is 6.08 Å². The van der Waals surface area contributed by atoms with Crippen LogP contribution < -0.4 is 0 Å². The fourth-order valence-corrected chi connectivity index (χ4v) is 1.73. The lowest BCUT2D eigenvalue weighted by Crippen LogP contribution is -2.32. The van der Waals surface area contributed by atoms with Gasteiger partial charge in [0.2, 0.25) is 0 Å². The molecule has 0 amide bonds. The van der Waals surface area contributed by atoms with Crippen molar-refractivity contribution in [3.05, 3.63) is 24.8 Å². The van der Waals surface area contributed by atoms with Gasteiger partial charge in [-0.2, -0.15) is 0 Å². The summed E-state index contributed by atoms with van der Waals surface area (Å²) < 4.78 is 0. The second kappa shape index (κ2) is 8.28. The predicted octanol–water partition coefficient (Wildman–Crippen LogP) is 2.98. The number of carbonyl (C=O) groups is 1. The summed E-state index contributed by atoms with van der Waals surface area (Å²) in [5, 5.41) is 10.1. The fraction of sp³-hybridized carbons (Fsp3) is 0.643. The van der Waals surface area contributed by atoms with Crippen LogP contribution in [0.5, 0.6) is 0 Å². The van der Waals surface area contributed by atoms with Crippen LogP contribution in [0.1, 0.15) is 33.6 Å². The van der Waals surface area contributed by atoms with Gasteiger partial charge < -0.3 is 9.90 Å². The van der Waals surface area contributed by atoms with E-state index >= 15 is 0 Å². The van der Waals surface area contributed by atoms with Crippen LogP contribution in [-0.4, -0.2) is 17.5 Å². The molecule has 0 rings (SSSR count). The molecule has 0 radical (unpaired) electrons. The molecule has 1 unspecified atom stereocenters. The van der Waals surface area contributed by atoms with Crippen molar-refractivity contribution in [2.45, 2.75) is 39.7 Å². The summed E-state index contributed by atoms with van der Waals surface area (Å²) in [6, 6.07) is 0. The van der Waals surface area contributed by atoms with Gasteiger partial charge in [0.05, 0.1) is 6.10 Å². The molecular formula is C14H24O2. The van der Waals surface area contributed by atoms with E-state index in [0.29, 0.717) is 0 Å². The smallest absolute Gasteiger partial charge is 0.125 e. The average Bonchev–Trinajstić information content (AvgIpc) is 2.29. The van der Waals surface area contributed by atoms with Gasteiger partial charge in [-0.3, -0.25) is 0 Å². The molecule has 0 bridgehead atoms. The minimum atomic E-state index is -0.554. The Hall–Kier alpha value is -0.890. The molecule has 0 fully saturated rings. The molecule has 4 atom stereocenters. The molecule has 0 aromatic rings. The third-order valence-corrected chi connectivity index (χ3v) is 3.22. The number of hydrogen-bond donors (Lipinski definition) is 1. The molecule has 0 saturated carbocycles. The summed E-state index contributed by atoms with van der Waals surface area (Å²) in [6.07, 6.45) is 7.57. The fourth-order valence-electron chi connectivity index (χ4n) is 1.73. The normalized spacial score (nSPS) is 19.0. The van der Waals surface area contributed by atoms with Gasteiger partial charge in [0, 0.05) is 5.92 Å². The first kappa shape index (κ1) is 15.1. The highest BCUT2D eigenvalue weighted by Crippen LogP contribution is 2.23. The third-order valence-electron chi connectivity index (χ3n) is 3.22. The molecule has 2 nitrogen and oxygen atoms in total. The van der Waals surface area contributed by atoms with Crippen molar-refractivity contribution in [2.24, 2.45) is 17.8 Å². The highest BCUT2D eigenvalue weighted by atomic mass is 16.3. The highest BCUT2D eigenvalue weighted by Gasteiger charge is 2.27. The molecule has 0 heterocycles. The number of carbonyl (C=O) groups excluding carboxylic acids is 1. The maximum Gasteiger partial charge on any atom is 0.125 e. The molecule has 0 aliphatic carbocycles. The Morgan fingerprint density at radius 1 is 1.31 bits per heavy atom. The van der Waals surface area contributed by atoms with Crippen LogP contribution in [-0.2, 0) is 4.79 Å². The molecule has 16 heavy (non-hydrogen) atoms. The van der Waals surface area contributed by atoms with Crippen molar-refractivity contribution in [1.82, 2.24) is 0 Å². The summed E-state index contributed by atoms with van der Waals surface area (Å²) in [4.78, 5) is 11.0. The van der Waals surface area contributed by atoms with Crippen LogP contribution >= 0.6 is 0 Å². The number of allylic oxidation sites excluding steroid dienone is 3. The maximum atomic E-state index is 11.0. The Labute approximate surface area is 99.1 Å². The summed E-state index contributed by atoms with van der Waals surface area (Å²) >= 11 is 0. The van der Waals surface area contributed by atoms with Crippen LogP contribution in [0.15, 0.2) is 24.8 Å². The van der Waals surface area contributed by atoms with Gasteiger partial charge in [-0.15, -0.1) is 0 Å². The zero-order chi connectivity index (χ0) is 12.6. The summed E-state index contributed by atoms with van der Waals surface area (Å²) in [5.41, 5.74) is 0. The van der Waals surface area contributed by atoms with Crippen LogP contribution in [0.25, 0.3) is 0 Å². The Morgan fingerprint density at radius 3 is 2.38 bits per heavy atom. The van der Waals surface area contributed by atoms with E-state index in [2.05, 4.69) is 6.58 Å². The van der Waals surface area contributed by atoms with E-state index in [9.17, 15) is 9.90 Å². The predicted molar refractivity (Wildman–Crippen MR) is 68.1 cm³/mol. The molecular weight excluding hydrogens is 200 g/mol. The molecule has 0 aliphatic heterocycles. The number of hydrogen-bond acceptors (Lipinski definition) is 2. The largest absolute Gasteiger partial charge is 0.392 e. The summed E-state index contributed by atoms with van der Waals surface area (Å²) in [7, 11) is 0. The van der Waals surface area contributed by atoms with Crippen molar-refractivity contribution >= 4 is 6.29 Å². The highest BCUT2D eigenvalue weighted by molar-refractivity contribution is 5.55. The van der Waals surface area contributed by atoms with Crippen LogP contribution in [0.2, 0.25) is 0 Å². The van der Waals surface area contributed by atoms with Crippen LogP contribution in [0.3, 0.4) is 0 Å². The Kier molecular flexibility index (Phi) is 7.82. The van der Waals surface area contributed by atoms with Gasteiger partial charge in [0.1, 0.15) is 6.29 Å². The SMILES string of the molecule is C=C/C=C\C[C@@H](C)[C@@H](O)[C@@H](C=O)C(C)CC. The number of aliphatic hydroxyl groups excluding tert-OH is 1. The summed E-state index contributed by atoms with van der Waals surface area (Å²) in [5.74, 6) is 0.0795. The standard InChI is InChI=1S/C14H24O2/c1-5-7-8-9-12(4)14(16)13(10-15)11(3)6-2/h5,7-8,10-14,16H,1,6,9H2,2-4H3/b8-7-/t11?,12-,13+,14-/m1/s1. The summed E-state index contributed by atoms with van der Waals surface area (Å²) in [6.45, 7) is 9.61. The molecule has 0 saturated heterocycles. The first-order chi connectivity index (χ1) is 7.58. The lowest BCUT2D eigenvalue weighted by Gasteiger charge is -2.27. The van der Waals surface area contributed by atoms with E-state index in [1.165, 1.54) is 0 Å². The van der Waals surface area contributed by atoms with Gasteiger partial charge in [-0.25, -0.2) is 0 Å². The molecule has 0 aromatic heterocycles. The van der Waals surface area contributed by atoms with Gasteiger partial charge in [0.15, 0.2) is 0 Å². The number of aldehydes is 1. The second-order valence-corrected chi connectivity index (χ2v) is 4.47. The van der Waals surface area contributed by atoms with E-state index < -0.39 is 6.10 Å². The minimum Gasteiger partial charge on any atom is -0.392 e. The number of aliphatic hydroxyl groups is 1. The van der Waals surface area contributed by atoms with Crippen molar-refractivity contribution < 1.29 is 9.90 Å². The van der Waals surface area contributed by atoms with Gasteiger partial charge >= 0.3 is 0 Å². The lowest BCUT2D eigenvalue weighted by molar-refractivity contribution is -0.117. The first-order valence-corrected chi connectivity index (χ1v) is 5.99. The molecule has 0 spiro atoms. The van der Waals surface area contributed by atoms with Crippen molar-refractivity contribution in [3.8, 4) is 0 Å².